The normalized spacial score (nSPS) is 12.2. The molecule has 0 spiro atoms. The van der Waals surface area contributed by atoms with E-state index in [-0.39, 0.29) is 6.10 Å². The first kappa shape index (κ1) is 13.8. The van der Waals surface area contributed by atoms with Gasteiger partial charge in [-0.05, 0) is 17.7 Å². The minimum atomic E-state index is -0.0868. The molecule has 0 bridgehead atoms. The molecule has 0 aliphatic heterocycles. The second-order valence-electron chi connectivity index (χ2n) is 4.70. The van der Waals surface area contributed by atoms with E-state index in [1.165, 1.54) is 0 Å². The largest absolute Gasteiger partial charge is 0.483 e. The number of rotatable bonds is 5. The van der Waals surface area contributed by atoms with Crippen LogP contribution in [0.5, 0.6) is 5.75 Å². The highest BCUT2D eigenvalue weighted by molar-refractivity contribution is 6.17. The van der Waals surface area contributed by atoms with E-state index in [1.807, 2.05) is 42.5 Å². The van der Waals surface area contributed by atoms with Gasteiger partial charge in [0.25, 0.3) is 0 Å². The fourth-order valence-electron chi connectivity index (χ4n) is 2.28. The molecule has 0 saturated carbocycles. The van der Waals surface area contributed by atoms with Gasteiger partial charge in [0.15, 0.2) is 0 Å². The maximum atomic E-state index is 6.17. The van der Waals surface area contributed by atoms with Crippen molar-refractivity contribution in [1.29, 1.82) is 0 Å². The van der Waals surface area contributed by atoms with Gasteiger partial charge in [0, 0.05) is 23.9 Å². The Kier molecular flexibility index (Phi) is 4.31. The van der Waals surface area contributed by atoms with Gasteiger partial charge in [-0.3, -0.25) is 9.97 Å². The van der Waals surface area contributed by atoms with Crippen LogP contribution in [0.25, 0.3) is 10.9 Å². The van der Waals surface area contributed by atoms with Crippen LogP contribution in [0.15, 0.2) is 61.1 Å². The number of nitrogens with zero attached hydrogens (tertiary/aromatic N) is 2. The molecule has 0 amide bonds. The van der Waals surface area contributed by atoms with Gasteiger partial charge >= 0.3 is 0 Å². The Morgan fingerprint density at radius 2 is 1.90 bits per heavy atom. The van der Waals surface area contributed by atoms with Crippen LogP contribution < -0.4 is 4.74 Å². The van der Waals surface area contributed by atoms with Gasteiger partial charge in [0.1, 0.15) is 11.9 Å². The van der Waals surface area contributed by atoms with E-state index in [4.69, 9.17) is 16.3 Å². The Morgan fingerprint density at radius 3 is 2.71 bits per heavy atom. The van der Waals surface area contributed by atoms with Gasteiger partial charge in [-0.15, -0.1) is 11.6 Å². The van der Waals surface area contributed by atoms with Crippen LogP contribution in [0, 0.1) is 0 Å². The van der Waals surface area contributed by atoms with Gasteiger partial charge in [-0.2, -0.15) is 0 Å². The van der Waals surface area contributed by atoms with Crippen molar-refractivity contribution in [3.63, 3.8) is 0 Å². The second kappa shape index (κ2) is 6.55. The van der Waals surface area contributed by atoms with Crippen LogP contribution in [-0.2, 0) is 0 Å². The van der Waals surface area contributed by atoms with Crippen molar-refractivity contribution in [2.45, 2.75) is 12.5 Å². The number of pyridine rings is 2. The lowest BCUT2D eigenvalue weighted by Gasteiger charge is -2.19. The Hall–Kier alpha value is -2.13. The third-order valence-corrected chi connectivity index (χ3v) is 3.52. The molecular weight excluding hydrogens is 284 g/mol. The van der Waals surface area contributed by atoms with Crippen LogP contribution in [0.1, 0.15) is 18.1 Å². The molecule has 0 aliphatic carbocycles. The summed E-state index contributed by atoms with van der Waals surface area (Å²) in [4.78, 5) is 8.50. The first-order chi connectivity index (χ1) is 10.4. The molecule has 3 rings (SSSR count). The highest BCUT2D eigenvalue weighted by Gasteiger charge is 2.14. The minimum absolute atomic E-state index is 0.0868. The standard InChI is InChI=1S/C17H15ClN2O/c18-9-8-16(13-5-2-1-3-6-13)21-17-12-19-11-15-14(17)7-4-10-20-15/h1-7,10-12,16H,8-9H2. The summed E-state index contributed by atoms with van der Waals surface area (Å²) in [6.07, 6.45) is 5.87. The summed E-state index contributed by atoms with van der Waals surface area (Å²) in [6, 6.07) is 14.0. The smallest absolute Gasteiger partial charge is 0.147 e. The summed E-state index contributed by atoms with van der Waals surface area (Å²) in [5.74, 6) is 1.27. The average molecular weight is 299 g/mol. The molecule has 1 atom stereocenters. The molecular formula is C17H15ClN2O. The maximum absolute atomic E-state index is 6.17. The molecule has 0 fully saturated rings. The molecule has 3 aromatic rings. The molecule has 0 N–H and O–H groups in total. The first-order valence-corrected chi connectivity index (χ1v) is 7.38. The highest BCUT2D eigenvalue weighted by atomic mass is 35.5. The van der Waals surface area contributed by atoms with Crippen LogP contribution in [-0.4, -0.2) is 15.8 Å². The van der Waals surface area contributed by atoms with Crippen LogP contribution in [0.3, 0.4) is 0 Å². The van der Waals surface area contributed by atoms with Gasteiger partial charge in [0.05, 0.1) is 17.9 Å². The van der Waals surface area contributed by atoms with Crippen molar-refractivity contribution < 1.29 is 4.74 Å². The van der Waals surface area contributed by atoms with E-state index >= 15 is 0 Å². The van der Waals surface area contributed by atoms with Crippen molar-refractivity contribution in [3.05, 3.63) is 66.6 Å². The fraction of sp³-hybridized carbons (Fsp3) is 0.176. The molecule has 2 aromatic heterocycles. The van der Waals surface area contributed by atoms with Crippen LogP contribution >= 0.6 is 11.6 Å². The number of benzene rings is 1. The number of fused-ring (bicyclic) bond motifs is 1. The number of hydrogen-bond acceptors (Lipinski definition) is 3. The maximum Gasteiger partial charge on any atom is 0.147 e. The van der Waals surface area contributed by atoms with E-state index in [0.29, 0.717) is 5.88 Å². The van der Waals surface area contributed by atoms with E-state index in [1.54, 1.807) is 18.6 Å². The Morgan fingerprint density at radius 1 is 1.05 bits per heavy atom. The molecule has 3 nitrogen and oxygen atoms in total. The monoisotopic (exact) mass is 298 g/mol. The SMILES string of the molecule is ClCCC(Oc1cncc2ncccc12)c1ccccc1. The summed E-state index contributed by atoms with van der Waals surface area (Å²) in [6.45, 7) is 0. The molecule has 2 heterocycles. The van der Waals surface area contributed by atoms with Crippen molar-refractivity contribution in [1.82, 2.24) is 9.97 Å². The molecule has 1 unspecified atom stereocenters. The highest BCUT2D eigenvalue weighted by Crippen LogP contribution is 2.29. The molecule has 4 heteroatoms. The summed E-state index contributed by atoms with van der Waals surface area (Å²) in [7, 11) is 0. The lowest BCUT2D eigenvalue weighted by molar-refractivity contribution is 0.204. The zero-order chi connectivity index (χ0) is 14.5. The first-order valence-electron chi connectivity index (χ1n) is 6.85. The summed E-state index contributed by atoms with van der Waals surface area (Å²) < 4.78 is 6.17. The zero-order valence-electron chi connectivity index (χ0n) is 11.4. The van der Waals surface area contributed by atoms with E-state index < -0.39 is 0 Å². The Bertz CT molecular complexity index is 713. The summed E-state index contributed by atoms with van der Waals surface area (Å²) >= 11 is 5.92. The lowest BCUT2D eigenvalue weighted by atomic mass is 10.1. The number of aromatic nitrogens is 2. The summed E-state index contributed by atoms with van der Waals surface area (Å²) in [5, 5.41) is 0.961. The third kappa shape index (κ3) is 3.14. The van der Waals surface area contributed by atoms with Crippen molar-refractivity contribution >= 4 is 22.5 Å². The van der Waals surface area contributed by atoms with Crippen molar-refractivity contribution in [2.24, 2.45) is 0 Å². The second-order valence-corrected chi connectivity index (χ2v) is 5.08. The Balaban J connectivity index is 1.95. The van der Waals surface area contributed by atoms with Crippen LogP contribution in [0.2, 0.25) is 0 Å². The van der Waals surface area contributed by atoms with Gasteiger partial charge in [0.2, 0.25) is 0 Å². The zero-order valence-corrected chi connectivity index (χ0v) is 12.2. The van der Waals surface area contributed by atoms with Gasteiger partial charge < -0.3 is 4.74 Å². The molecule has 0 saturated heterocycles. The molecule has 0 aliphatic rings. The number of ether oxygens (including phenoxy) is 1. The van der Waals surface area contributed by atoms with Crippen molar-refractivity contribution in [2.75, 3.05) is 5.88 Å². The topological polar surface area (TPSA) is 35.0 Å². The average Bonchev–Trinajstić information content (AvgIpc) is 2.55. The minimum Gasteiger partial charge on any atom is -0.483 e. The van der Waals surface area contributed by atoms with E-state index in [9.17, 15) is 0 Å². The predicted molar refractivity (Wildman–Crippen MR) is 84.7 cm³/mol. The van der Waals surface area contributed by atoms with E-state index in [2.05, 4.69) is 9.97 Å². The quantitative estimate of drug-likeness (QED) is 0.656. The van der Waals surface area contributed by atoms with Gasteiger partial charge in [-0.1, -0.05) is 30.3 Å². The summed E-state index contributed by atoms with van der Waals surface area (Å²) in [5.41, 5.74) is 1.94. The number of hydrogen-bond donors (Lipinski definition) is 0. The number of halogens is 1. The number of alkyl halides is 1. The molecule has 1 aromatic carbocycles. The molecule has 21 heavy (non-hydrogen) atoms. The van der Waals surface area contributed by atoms with Crippen LogP contribution in [0.4, 0.5) is 0 Å². The fourth-order valence-corrected chi connectivity index (χ4v) is 2.48. The predicted octanol–water partition coefficient (Wildman–Crippen LogP) is 4.38. The third-order valence-electron chi connectivity index (χ3n) is 3.30. The van der Waals surface area contributed by atoms with E-state index in [0.717, 1.165) is 28.6 Å². The van der Waals surface area contributed by atoms with Crippen molar-refractivity contribution in [3.8, 4) is 5.75 Å². The van der Waals surface area contributed by atoms with Gasteiger partial charge in [-0.25, -0.2) is 0 Å². The Labute approximate surface area is 128 Å². The molecule has 0 radical (unpaired) electrons. The molecule has 106 valence electrons. The lowest BCUT2D eigenvalue weighted by Crippen LogP contribution is -2.09.